The van der Waals surface area contributed by atoms with Gasteiger partial charge in [0, 0.05) is 12.1 Å². The number of methoxy groups -OCH3 is 2. The van der Waals surface area contributed by atoms with E-state index in [1.165, 1.54) is 5.56 Å². The normalized spacial score (nSPS) is 12.3. The predicted molar refractivity (Wildman–Crippen MR) is 61.6 cm³/mol. The Bertz CT molecular complexity index is 290. The second-order valence-electron chi connectivity index (χ2n) is 3.43. The highest BCUT2D eigenvalue weighted by molar-refractivity contribution is 5.39. The lowest BCUT2D eigenvalue weighted by Gasteiger charge is -2.15. The van der Waals surface area contributed by atoms with Crippen molar-refractivity contribution < 1.29 is 9.47 Å². The Kier molecular flexibility index (Phi) is 4.43. The van der Waals surface area contributed by atoms with Gasteiger partial charge in [-0.05, 0) is 31.2 Å². The lowest BCUT2D eigenvalue weighted by atomic mass is 10.1. The van der Waals surface area contributed by atoms with E-state index in [-0.39, 0.29) is 0 Å². The minimum atomic E-state index is 0.305. The molecule has 0 heterocycles. The van der Waals surface area contributed by atoms with Crippen molar-refractivity contribution in [2.45, 2.75) is 19.9 Å². The van der Waals surface area contributed by atoms with E-state index in [4.69, 9.17) is 9.47 Å². The number of hydrogen-bond donors (Lipinski definition) is 1. The van der Waals surface area contributed by atoms with Gasteiger partial charge in [0.25, 0.3) is 0 Å². The van der Waals surface area contributed by atoms with E-state index in [1.807, 2.05) is 18.2 Å². The smallest absolute Gasteiger partial charge is 0.122 e. The monoisotopic (exact) mass is 209 g/mol. The Hall–Kier alpha value is -1.22. The first kappa shape index (κ1) is 11.9. The molecule has 0 radical (unpaired) electrons. The molecular weight excluding hydrogens is 190 g/mol. The minimum Gasteiger partial charge on any atom is -0.497 e. The van der Waals surface area contributed by atoms with Crippen LogP contribution in [0, 0.1) is 0 Å². The third kappa shape index (κ3) is 3.13. The Balaban J connectivity index is 2.95. The van der Waals surface area contributed by atoms with Crippen LogP contribution in [-0.2, 0) is 0 Å². The lowest BCUT2D eigenvalue weighted by molar-refractivity contribution is 0.392. The average Bonchev–Trinajstić information content (AvgIpc) is 2.28. The van der Waals surface area contributed by atoms with Gasteiger partial charge in [-0.25, -0.2) is 0 Å². The molecule has 0 aliphatic heterocycles. The van der Waals surface area contributed by atoms with Crippen molar-refractivity contribution in [3.63, 3.8) is 0 Å². The fourth-order valence-electron chi connectivity index (χ4n) is 1.50. The van der Waals surface area contributed by atoms with Crippen LogP contribution in [0.3, 0.4) is 0 Å². The van der Waals surface area contributed by atoms with Gasteiger partial charge in [0.1, 0.15) is 11.5 Å². The molecule has 0 aromatic heterocycles. The minimum absolute atomic E-state index is 0.305. The molecule has 0 saturated carbocycles. The van der Waals surface area contributed by atoms with Gasteiger partial charge in [0.05, 0.1) is 14.2 Å². The topological polar surface area (TPSA) is 30.5 Å². The van der Waals surface area contributed by atoms with Crippen molar-refractivity contribution >= 4 is 0 Å². The Morgan fingerprint density at radius 1 is 1.13 bits per heavy atom. The quantitative estimate of drug-likeness (QED) is 0.807. The third-order valence-corrected chi connectivity index (χ3v) is 2.38. The summed E-state index contributed by atoms with van der Waals surface area (Å²) in [5.74, 6) is 1.66. The molecule has 0 spiro atoms. The van der Waals surface area contributed by atoms with E-state index in [2.05, 4.69) is 19.2 Å². The molecule has 3 heteroatoms. The summed E-state index contributed by atoms with van der Waals surface area (Å²) in [5.41, 5.74) is 1.17. The van der Waals surface area contributed by atoms with Crippen molar-refractivity contribution in [2.75, 3.05) is 20.8 Å². The number of ether oxygens (including phenoxy) is 2. The van der Waals surface area contributed by atoms with Crippen LogP contribution in [-0.4, -0.2) is 20.8 Å². The van der Waals surface area contributed by atoms with E-state index in [0.29, 0.717) is 6.04 Å². The zero-order valence-corrected chi connectivity index (χ0v) is 9.83. The standard InChI is InChI=1S/C12H19NO2/c1-5-13-9(2)10-6-11(14-3)8-12(7-10)15-4/h6-9,13H,5H2,1-4H3. The largest absolute Gasteiger partial charge is 0.497 e. The third-order valence-electron chi connectivity index (χ3n) is 2.38. The molecule has 0 aliphatic rings. The van der Waals surface area contributed by atoms with Crippen LogP contribution >= 0.6 is 0 Å². The fraction of sp³-hybridized carbons (Fsp3) is 0.500. The van der Waals surface area contributed by atoms with Crippen LogP contribution in [0.25, 0.3) is 0 Å². The van der Waals surface area contributed by atoms with Gasteiger partial charge in [0.15, 0.2) is 0 Å². The van der Waals surface area contributed by atoms with Crippen LogP contribution < -0.4 is 14.8 Å². The molecule has 3 nitrogen and oxygen atoms in total. The van der Waals surface area contributed by atoms with Crippen LogP contribution in [0.1, 0.15) is 25.5 Å². The first-order valence-electron chi connectivity index (χ1n) is 5.17. The molecule has 1 aromatic rings. The van der Waals surface area contributed by atoms with E-state index >= 15 is 0 Å². The number of benzene rings is 1. The molecule has 0 aliphatic carbocycles. The highest BCUT2D eigenvalue weighted by Crippen LogP contribution is 2.26. The van der Waals surface area contributed by atoms with Gasteiger partial charge in [-0.1, -0.05) is 6.92 Å². The summed E-state index contributed by atoms with van der Waals surface area (Å²) in [6.07, 6.45) is 0. The maximum absolute atomic E-state index is 5.22. The second-order valence-corrected chi connectivity index (χ2v) is 3.43. The average molecular weight is 209 g/mol. The Morgan fingerprint density at radius 3 is 2.07 bits per heavy atom. The van der Waals surface area contributed by atoms with E-state index < -0.39 is 0 Å². The molecule has 15 heavy (non-hydrogen) atoms. The summed E-state index contributed by atoms with van der Waals surface area (Å²) < 4.78 is 10.4. The molecular formula is C12H19NO2. The molecule has 1 atom stereocenters. The zero-order chi connectivity index (χ0) is 11.3. The van der Waals surface area contributed by atoms with Crippen molar-refractivity contribution in [1.82, 2.24) is 5.32 Å². The van der Waals surface area contributed by atoms with Gasteiger partial charge >= 0.3 is 0 Å². The van der Waals surface area contributed by atoms with Gasteiger partial charge in [0.2, 0.25) is 0 Å². The van der Waals surface area contributed by atoms with Crippen molar-refractivity contribution in [2.24, 2.45) is 0 Å². The molecule has 0 bridgehead atoms. The summed E-state index contributed by atoms with van der Waals surface area (Å²) in [4.78, 5) is 0. The van der Waals surface area contributed by atoms with E-state index in [1.54, 1.807) is 14.2 Å². The Morgan fingerprint density at radius 2 is 1.67 bits per heavy atom. The summed E-state index contributed by atoms with van der Waals surface area (Å²) in [7, 11) is 3.33. The van der Waals surface area contributed by atoms with Crippen molar-refractivity contribution in [3.05, 3.63) is 23.8 Å². The molecule has 0 fully saturated rings. The summed E-state index contributed by atoms with van der Waals surface area (Å²) in [6.45, 7) is 5.16. The Labute approximate surface area is 91.4 Å². The maximum Gasteiger partial charge on any atom is 0.122 e. The van der Waals surface area contributed by atoms with E-state index in [0.717, 1.165) is 18.0 Å². The highest BCUT2D eigenvalue weighted by atomic mass is 16.5. The van der Waals surface area contributed by atoms with Crippen LogP contribution in [0.5, 0.6) is 11.5 Å². The predicted octanol–water partition coefficient (Wildman–Crippen LogP) is 2.37. The molecule has 1 rings (SSSR count). The van der Waals surface area contributed by atoms with Gasteiger partial charge in [-0.2, -0.15) is 0 Å². The van der Waals surface area contributed by atoms with Crippen molar-refractivity contribution in [3.8, 4) is 11.5 Å². The zero-order valence-electron chi connectivity index (χ0n) is 9.83. The summed E-state index contributed by atoms with van der Waals surface area (Å²) in [6, 6.07) is 6.23. The van der Waals surface area contributed by atoms with Crippen LogP contribution in [0.2, 0.25) is 0 Å². The molecule has 84 valence electrons. The molecule has 0 amide bonds. The second kappa shape index (κ2) is 5.61. The molecule has 1 unspecified atom stereocenters. The SMILES string of the molecule is CCNC(C)c1cc(OC)cc(OC)c1. The number of rotatable bonds is 5. The van der Waals surface area contributed by atoms with Gasteiger partial charge < -0.3 is 14.8 Å². The number of hydrogen-bond acceptors (Lipinski definition) is 3. The molecule has 0 saturated heterocycles. The van der Waals surface area contributed by atoms with Crippen molar-refractivity contribution in [1.29, 1.82) is 0 Å². The summed E-state index contributed by atoms with van der Waals surface area (Å²) >= 11 is 0. The first-order valence-corrected chi connectivity index (χ1v) is 5.17. The van der Waals surface area contributed by atoms with Crippen LogP contribution in [0.15, 0.2) is 18.2 Å². The van der Waals surface area contributed by atoms with E-state index in [9.17, 15) is 0 Å². The van der Waals surface area contributed by atoms with Crippen LogP contribution in [0.4, 0.5) is 0 Å². The highest BCUT2D eigenvalue weighted by Gasteiger charge is 2.07. The number of nitrogens with one attached hydrogen (secondary N) is 1. The fourth-order valence-corrected chi connectivity index (χ4v) is 1.50. The summed E-state index contributed by atoms with van der Waals surface area (Å²) in [5, 5.41) is 3.35. The lowest BCUT2D eigenvalue weighted by Crippen LogP contribution is -2.17. The molecule has 1 N–H and O–H groups in total. The maximum atomic E-state index is 5.22. The van der Waals surface area contributed by atoms with Gasteiger partial charge in [-0.15, -0.1) is 0 Å². The molecule has 1 aromatic carbocycles. The van der Waals surface area contributed by atoms with Gasteiger partial charge in [-0.3, -0.25) is 0 Å². The first-order chi connectivity index (χ1) is 7.21.